The molecule has 5 heteroatoms. The highest BCUT2D eigenvalue weighted by atomic mass is 32.1. The number of nitrogens with one attached hydrogen (secondary N) is 1. The van der Waals surface area contributed by atoms with Gasteiger partial charge in [-0.1, -0.05) is 12.8 Å². The molecule has 2 aromatic rings. The van der Waals surface area contributed by atoms with Crippen molar-refractivity contribution in [3.05, 3.63) is 40.8 Å². The molecular formula is C14H16N2O2S. The van der Waals surface area contributed by atoms with Gasteiger partial charge in [0.15, 0.2) is 0 Å². The predicted molar refractivity (Wildman–Crippen MR) is 74.5 cm³/mol. The molecule has 0 spiro atoms. The number of aromatic nitrogens is 1. The Morgan fingerprint density at radius 3 is 2.79 bits per heavy atom. The van der Waals surface area contributed by atoms with Crippen LogP contribution < -0.4 is 5.48 Å². The quantitative estimate of drug-likeness (QED) is 0.872. The van der Waals surface area contributed by atoms with Crippen molar-refractivity contribution in [3.63, 3.8) is 0 Å². The molecule has 0 unspecified atom stereocenters. The molecule has 4 nitrogen and oxygen atoms in total. The standard InChI is InChI=1S/C14H16N2O2S/c17-14(15-18-11-5-1-2-6-11)13-12(7-10-19-13)16-8-3-4-9-16/h3-4,7-11H,1-2,5-6H2,(H,15,17). The van der Waals surface area contributed by atoms with Gasteiger partial charge in [-0.15, -0.1) is 11.3 Å². The highest BCUT2D eigenvalue weighted by molar-refractivity contribution is 7.12. The molecule has 1 aliphatic carbocycles. The van der Waals surface area contributed by atoms with E-state index < -0.39 is 0 Å². The van der Waals surface area contributed by atoms with Gasteiger partial charge in [0.25, 0.3) is 5.91 Å². The SMILES string of the molecule is O=C(NOC1CCCC1)c1sccc1-n1cccc1. The van der Waals surface area contributed by atoms with E-state index in [1.165, 1.54) is 24.2 Å². The summed E-state index contributed by atoms with van der Waals surface area (Å²) in [6, 6.07) is 5.82. The lowest BCUT2D eigenvalue weighted by Crippen LogP contribution is -2.28. The summed E-state index contributed by atoms with van der Waals surface area (Å²) in [6.45, 7) is 0. The molecule has 1 fully saturated rings. The van der Waals surface area contributed by atoms with Gasteiger partial charge in [0.05, 0.1) is 11.8 Å². The first-order chi connectivity index (χ1) is 9.34. The van der Waals surface area contributed by atoms with Crippen LogP contribution in [0.4, 0.5) is 0 Å². The maximum Gasteiger partial charge on any atom is 0.287 e. The van der Waals surface area contributed by atoms with Crippen molar-refractivity contribution in [2.24, 2.45) is 0 Å². The number of carbonyl (C=O) groups is 1. The maximum atomic E-state index is 12.1. The second-order valence-electron chi connectivity index (χ2n) is 4.68. The summed E-state index contributed by atoms with van der Waals surface area (Å²) in [5, 5.41) is 1.92. The van der Waals surface area contributed by atoms with E-state index >= 15 is 0 Å². The third-order valence-electron chi connectivity index (χ3n) is 3.35. The summed E-state index contributed by atoms with van der Waals surface area (Å²) < 4.78 is 1.93. The van der Waals surface area contributed by atoms with Crippen molar-refractivity contribution in [1.29, 1.82) is 0 Å². The number of thiophene rings is 1. The van der Waals surface area contributed by atoms with Gasteiger partial charge in [-0.2, -0.15) is 0 Å². The minimum atomic E-state index is -0.161. The topological polar surface area (TPSA) is 43.3 Å². The van der Waals surface area contributed by atoms with Gasteiger partial charge in [0.2, 0.25) is 0 Å². The third kappa shape index (κ3) is 2.72. The van der Waals surface area contributed by atoms with Crippen LogP contribution in [-0.2, 0) is 4.84 Å². The first kappa shape index (κ1) is 12.4. The van der Waals surface area contributed by atoms with Crippen molar-refractivity contribution in [2.45, 2.75) is 31.8 Å². The van der Waals surface area contributed by atoms with Gasteiger partial charge in [0, 0.05) is 12.4 Å². The van der Waals surface area contributed by atoms with E-state index in [-0.39, 0.29) is 12.0 Å². The number of hydroxylamine groups is 1. The van der Waals surface area contributed by atoms with Crippen LogP contribution in [0.2, 0.25) is 0 Å². The van der Waals surface area contributed by atoms with Crippen molar-refractivity contribution < 1.29 is 9.63 Å². The molecule has 100 valence electrons. The molecule has 19 heavy (non-hydrogen) atoms. The smallest absolute Gasteiger partial charge is 0.287 e. The second kappa shape index (κ2) is 5.59. The zero-order valence-corrected chi connectivity index (χ0v) is 11.4. The lowest BCUT2D eigenvalue weighted by molar-refractivity contribution is -0.0122. The summed E-state index contributed by atoms with van der Waals surface area (Å²) in [5.74, 6) is -0.161. The van der Waals surface area contributed by atoms with Crippen LogP contribution in [0, 0.1) is 0 Å². The minimum Gasteiger partial charge on any atom is -0.322 e. The number of rotatable bonds is 4. The molecule has 1 amide bonds. The zero-order valence-electron chi connectivity index (χ0n) is 10.5. The van der Waals surface area contributed by atoms with E-state index in [4.69, 9.17) is 4.84 Å². The van der Waals surface area contributed by atoms with Crippen LogP contribution in [0.5, 0.6) is 0 Å². The van der Waals surface area contributed by atoms with E-state index in [1.807, 2.05) is 40.5 Å². The van der Waals surface area contributed by atoms with Crippen LogP contribution in [0.25, 0.3) is 5.69 Å². The fourth-order valence-corrected chi connectivity index (χ4v) is 3.14. The van der Waals surface area contributed by atoms with Crippen LogP contribution in [-0.4, -0.2) is 16.6 Å². The lowest BCUT2D eigenvalue weighted by Gasteiger charge is -2.11. The summed E-state index contributed by atoms with van der Waals surface area (Å²) >= 11 is 1.43. The van der Waals surface area contributed by atoms with E-state index in [0.29, 0.717) is 4.88 Å². The average Bonchev–Trinajstić information content (AvgIpc) is 3.14. The Morgan fingerprint density at radius 1 is 1.32 bits per heavy atom. The molecule has 1 N–H and O–H groups in total. The molecule has 1 aliphatic rings. The summed E-state index contributed by atoms with van der Waals surface area (Å²) in [6.07, 6.45) is 8.49. The Morgan fingerprint density at radius 2 is 2.05 bits per heavy atom. The third-order valence-corrected chi connectivity index (χ3v) is 4.26. The largest absolute Gasteiger partial charge is 0.322 e. The maximum absolute atomic E-state index is 12.1. The van der Waals surface area contributed by atoms with Crippen LogP contribution >= 0.6 is 11.3 Å². The second-order valence-corrected chi connectivity index (χ2v) is 5.60. The molecule has 0 atom stereocenters. The van der Waals surface area contributed by atoms with Crippen LogP contribution in [0.3, 0.4) is 0 Å². The van der Waals surface area contributed by atoms with E-state index in [2.05, 4.69) is 5.48 Å². The monoisotopic (exact) mass is 276 g/mol. The fourth-order valence-electron chi connectivity index (χ4n) is 2.36. The Balaban J connectivity index is 1.68. The van der Waals surface area contributed by atoms with E-state index in [9.17, 15) is 4.79 Å². The molecule has 0 aliphatic heterocycles. The highest BCUT2D eigenvalue weighted by Crippen LogP contribution is 2.23. The first-order valence-electron chi connectivity index (χ1n) is 6.51. The van der Waals surface area contributed by atoms with Gasteiger partial charge in [-0.05, 0) is 36.4 Å². The Labute approximate surface area is 116 Å². The van der Waals surface area contributed by atoms with Gasteiger partial charge in [-0.3, -0.25) is 9.63 Å². The number of amides is 1. The minimum absolute atomic E-state index is 0.161. The van der Waals surface area contributed by atoms with E-state index in [1.54, 1.807) is 0 Å². The molecule has 2 aromatic heterocycles. The number of hydrogen-bond donors (Lipinski definition) is 1. The Kier molecular flexibility index (Phi) is 3.66. The molecule has 0 aromatic carbocycles. The molecule has 3 rings (SSSR count). The van der Waals surface area contributed by atoms with Crippen molar-refractivity contribution in [1.82, 2.24) is 10.0 Å². The highest BCUT2D eigenvalue weighted by Gasteiger charge is 2.19. The Bertz CT molecular complexity index is 542. The predicted octanol–water partition coefficient (Wildman–Crippen LogP) is 3.14. The molecule has 0 bridgehead atoms. The van der Waals surface area contributed by atoms with Gasteiger partial charge in [0.1, 0.15) is 4.88 Å². The van der Waals surface area contributed by atoms with Crippen molar-refractivity contribution >= 4 is 17.2 Å². The molecule has 2 heterocycles. The van der Waals surface area contributed by atoms with Crippen molar-refractivity contribution in [3.8, 4) is 5.69 Å². The summed E-state index contributed by atoms with van der Waals surface area (Å²) in [7, 11) is 0. The summed E-state index contributed by atoms with van der Waals surface area (Å²) in [4.78, 5) is 18.3. The van der Waals surface area contributed by atoms with Gasteiger partial charge >= 0.3 is 0 Å². The zero-order chi connectivity index (χ0) is 13.1. The van der Waals surface area contributed by atoms with Gasteiger partial charge < -0.3 is 4.57 Å². The van der Waals surface area contributed by atoms with E-state index in [0.717, 1.165) is 18.5 Å². The molecule has 0 radical (unpaired) electrons. The van der Waals surface area contributed by atoms with Crippen molar-refractivity contribution in [2.75, 3.05) is 0 Å². The molecule has 0 saturated heterocycles. The fraction of sp³-hybridized carbons (Fsp3) is 0.357. The average molecular weight is 276 g/mol. The first-order valence-corrected chi connectivity index (χ1v) is 7.39. The van der Waals surface area contributed by atoms with Crippen LogP contribution in [0.1, 0.15) is 35.4 Å². The number of nitrogens with zero attached hydrogens (tertiary/aromatic N) is 1. The summed E-state index contributed by atoms with van der Waals surface area (Å²) in [5.41, 5.74) is 3.48. The normalized spacial score (nSPS) is 15.8. The molecule has 1 saturated carbocycles. The van der Waals surface area contributed by atoms with Gasteiger partial charge in [-0.25, -0.2) is 5.48 Å². The molecular weight excluding hydrogens is 260 g/mol. The number of carbonyl (C=O) groups excluding carboxylic acids is 1. The van der Waals surface area contributed by atoms with Crippen LogP contribution in [0.15, 0.2) is 36.0 Å². The Hall–Kier alpha value is -1.59. The lowest BCUT2D eigenvalue weighted by atomic mass is 10.3. The number of hydrogen-bond acceptors (Lipinski definition) is 3.